The molecular formula is C22H26N6. The molecule has 6 nitrogen and oxygen atoms in total. The predicted octanol–water partition coefficient (Wildman–Crippen LogP) is 3.14. The van der Waals surface area contributed by atoms with E-state index in [1.165, 1.54) is 5.56 Å². The predicted molar refractivity (Wildman–Crippen MR) is 112 cm³/mol. The summed E-state index contributed by atoms with van der Waals surface area (Å²) in [7, 11) is 1.85. The van der Waals surface area contributed by atoms with Gasteiger partial charge < -0.3 is 10.2 Å². The minimum Gasteiger partial charge on any atom is -0.352 e. The van der Waals surface area contributed by atoms with Crippen molar-refractivity contribution in [2.75, 3.05) is 20.1 Å². The van der Waals surface area contributed by atoms with Crippen molar-refractivity contribution in [2.24, 2.45) is 4.99 Å². The van der Waals surface area contributed by atoms with Gasteiger partial charge >= 0.3 is 0 Å². The largest absolute Gasteiger partial charge is 0.352 e. The van der Waals surface area contributed by atoms with Crippen molar-refractivity contribution in [2.45, 2.75) is 25.8 Å². The summed E-state index contributed by atoms with van der Waals surface area (Å²) in [5.74, 6) is 3.33. The third-order valence-electron chi connectivity index (χ3n) is 5.33. The van der Waals surface area contributed by atoms with Gasteiger partial charge in [0.1, 0.15) is 11.6 Å². The molecule has 28 heavy (non-hydrogen) atoms. The Kier molecular flexibility index (Phi) is 5.37. The van der Waals surface area contributed by atoms with Gasteiger partial charge in [-0.15, -0.1) is 0 Å². The average molecular weight is 374 g/mol. The molecule has 1 N–H and O–H groups in total. The number of benzene rings is 1. The number of nitrogens with zero attached hydrogens (tertiary/aromatic N) is 5. The summed E-state index contributed by atoms with van der Waals surface area (Å²) in [4.78, 5) is 15.7. The highest BCUT2D eigenvalue weighted by atomic mass is 15.3. The number of likely N-dealkylation sites (tertiary alicyclic amines) is 1. The fourth-order valence-corrected chi connectivity index (χ4v) is 3.84. The SMILES string of the molecule is CN=C(NCc1cccnc1-n1ccnc1C)N1CCC(c2ccccc2)C1. The van der Waals surface area contributed by atoms with Crippen LogP contribution in [0.15, 0.2) is 66.0 Å². The quantitative estimate of drug-likeness (QED) is 0.563. The van der Waals surface area contributed by atoms with E-state index in [0.717, 1.165) is 42.7 Å². The molecule has 0 saturated carbocycles. The summed E-state index contributed by atoms with van der Waals surface area (Å²) >= 11 is 0. The molecule has 0 radical (unpaired) electrons. The van der Waals surface area contributed by atoms with E-state index in [9.17, 15) is 0 Å². The van der Waals surface area contributed by atoms with Crippen LogP contribution in [-0.4, -0.2) is 45.5 Å². The molecule has 3 heterocycles. The molecule has 1 unspecified atom stereocenters. The Bertz CT molecular complexity index is 946. The van der Waals surface area contributed by atoms with Gasteiger partial charge in [-0.2, -0.15) is 0 Å². The Morgan fingerprint density at radius 1 is 1.14 bits per heavy atom. The van der Waals surface area contributed by atoms with Crippen LogP contribution >= 0.6 is 0 Å². The van der Waals surface area contributed by atoms with E-state index in [1.54, 1.807) is 6.20 Å². The summed E-state index contributed by atoms with van der Waals surface area (Å²) in [6, 6.07) is 14.8. The van der Waals surface area contributed by atoms with Gasteiger partial charge in [0.05, 0.1) is 0 Å². The van der Waals surface area contributed by atoms with Crippen LogP contribution < -0.4 is 5.32 Å². The van der Waals surface area contributed by atoms with Gasteiger partial charge in [-0.3, -0.25) is 9.56 Å². The highest BCUT2D eigenvalue weighted by Crippen LogP contribution is 2.27. The number of pyridine rings is 1. The molecule has 0 bridgehead atoms. The van der Waals surface area contributed by atoms with Crippen LogP contribution in [0.2, 0.25) is 0 Å². The van der Waals surface area contributed by atoms with E-state index in [1.807, 2.05) is 37.0 Å². The smallest absolute Gasteiger partial charge is 0.193 e. The lowest BCUT2D eigenvalue weighted by molar-refractivity contribution is 0.485. The van der Waals surface area contributed by atoms with Gasteiger partial charge in [-0.1, -0.05) is 36.4 Å². The van der Waals surface area contributed by atoms with Crippen molar-refractivity contribution in [3.05, 3.63) is 78.0 Å². The van der Waals surface area contributed by atoms with Crippen molar-refractivity contribution in [3.8, 4) is 5.82 Å². The van der Waals surface area contributed by atoms with Gasteiger partial charge in [-0.05, 0) is 25.0 Å². The van der Waals surface area contributed by atoms with Crippen LogP contribution in [0, 0.1) is 6.92 Å². The van der Waals surface area contributed by atoms with Crippen molar-refractivity contribution in [3.63, 3.8) is 0 Å². The number of aryl methyl sites for hydroxylation is 1. The molecule has 0 spiro atoms. The molecule has 1 aliphatic rings. The van der Waals surface area contributed by atoms with Gasteiger partial charge in [0.15, 0.2) is 5.96 Å². The minimum atomic E-state index is 0.558. The first kappa shape index (κ1) is 18.2. The number of guanidine groups is 1. The summed E-state index contributed by atoms with van der Waals surface area (Å²) in [5.41, 5.74) is 2.52. The Morgan fingerprint density at radius 2 is 2.00 bits per heavy atom. The van der Waals surface area contributed by atoms with Gasteiger partial charge in [0.2, 0.25) is 0 Å². The Balaban J connectivity index is 1.44. The summed E-state index contributed by atoms with van der Waals surface area (Å²) in [5, 5.41) is 3.52. The Hall–Kier alpha value is -3.15. The van der Waals surface area contributed by atoms with E-state index in [4.69, 9.17) is 0 Å². The van der Waals surface area contributed by atoms with Gasteiger partial charge in [0, 0.05) is 56.8 Å². The molecule has 3 aromatic rings. The normalized spacial score (nSPS) is 17.1. The Labute approximate surface area is 166 Å². The first-order valence-corrected chi connectivity index (χ1v) is 9.71. The number of rotatable bonds is 4. The fraction of sp³-hybridized carbons (Fsp3) is 0.318. The molecule has 0 amide bonds. The lowest BCUT2D eigenvalue weighted by atomic mass is 9.99. The molecular weight excluding hydrogens is 348 g/mol. The van der Waals surface area contributed by atoms with E-state index < -0.39 is 0 Å². The lowest BCUT2D eigenvalue weighted by Gasteiger charge is -2.22. The zero-order chi connectivity index (χ0) is 19.3. The fourth-order valence-electron chi connectivity index (χ4n) is 3.84. The van der Waals surface area contributed by atoms with Crippen LogP contribution in [0.5, 0.6) is 0 Å². The molecule has 6 heteroatoms. The first-order valence-electron chi connectivity index (χ1n) is 9.71. The lowest BCUT2D eigenvalue weighted by Crippen LogP contribution is -2.39. The van der Waals surface area contributed by atoms with Crippen molar-refractivity contribution < 1.29 is 0 Å². The average Bonchev–Trinajstić information content (AvgIpc) is 3.39. The molecule has 144 valence electrons. The van der Waals surface area contributed by atoms with Gasteiger partial charge in [0.25, 0.3) is 0 Å². The number of hydrogen-bond acceptors (Lipinski definition) is 3. The topological polar surface area (TPSA) is 58.3 Å². The minimum absolute atomic E-state index is 0.558. The van der Waals surface area contributed by atoms with Crippen LogP contribution in [-0.2, 0) is 6.54 Å². The molecule has 1 saturated heterocycles. The van der Waals surface area contributed by atoms with Crippen LogP contribution in [0.25, 0.3) is 5.82 Å². The monoisotopic (exact) mass is 374 g/mol. The maximum atomic E-state index is 4.56. The van der Waals surface area contributed by atoms with E-state index >= 15 is 0 Å². The number of aromatic nitrogens is 3. The number of nitrogens with one attached hydrogen (secondary N) is 1. The van der Waals surface area contributed by atoms with Crippen molar-refractivity contribution in [1.82, 2.24) is 24.8 Å². The standard InChI is InChI=1S/C22H26N6/c1-17-24-12-14-28(17)21-19(9-6-11-25-21)15-26-22(23-2)27-13-10-20(16-27)18-7-4-3-5-8-18/h3-9,11-12,14,20H,10,13,15-16H2,1-2H3,(H,23,26). The summed E-state index contributed by atoms with van der Waals surface area (Å²) in [6.07, 6.45) is 6.71. The molecule has 4 rings (SSSR count). The molecule has 1 aliphatic heterocycles. The third kappa shape index (κ3) is 3.76. The molecule has 2 aromatic heterocycles. The highest BCUT2D eigenvalue weighted by molar-refractivity contribution is 5.80. The Morgan fingerprint density at radius 3 is 2.75 bits per heavy atom. The number of aliphatic imine (C=N–C) groups is 1. The third-order valence-corrected chi connectivity index (χ3v) is 5.33. The molecule has 0 aliphatic carbocycles. The zero-order valence-electron chi connectivity index (χ0n) is 16.4. The maximum absolute atomic E-state index is 4.56. The molecule has 1 fully saturated rings. The maximum Gasteiger partial charge on any atom is 0.193 e. The van der Waals surface area contributed by atoms with Crippen molar-refractivity contribution >= 4 is 5.96 Å². The highest BCUT2D eigenvalue weighted by Gasteiger charge is 2.26. The van der Waals surface area contributed by atoms with E-state index in [2.05, 4.69) is 61.6 Å². The number of imidazole rings is 1. The summed E-state index contributed by atoms with van der Waals surface area (Å²) < 4.78 is 2.01. The van der Waals surface area contributed by atoms with Crippen molar-refractivity contribution in [1.29, 1.82) is 0 Å². The van der Waals surface area contributed by atoms with Crippen LogP contribution in [0.4, 0.5) is 0 Å². The number of hydrogen-bond donors (Lipinski definition) is 1. The first-order chi connectivity index (χ1) is 13.8. The molecule has 1 atom stereocenters. The van der Waals surface area contributed by atoms with Crippen LogP contribution in [0.1, 0.15) is 29.3 Å². The molecule has 1 aromatic carbocycles. The van der Waals surface area contributed by atoms with E-state index in [-0.39, 0.29) is 0 Å². The second-order valence-electron chi connectivity index (χ2n) is 7.07. The van der Waals surface area contributed by atoms with Gasteiger partial charge in [-0.25, -0.2) is 9.97 Å². The van der Waals surface area contributed by atoms with E-state index in [0.29, 0.717) is 12.5 Å². The summed E-state index contributed by atoms with van der Waals surface area (Å²) in [6.45, 7) is 4.66. The zero-order valence-corrected chi connectivity index (χ0v) is 16.4. The second-order valence-corrected chi connectivity index (χ2v) is 7.07. The van der Waals surface area contributed by atoms with Crippen LogP contribution in [0.3, 0.4) is 0 Å². The second kappa shape index (κ2) is 8.25.